The highest BCUT2D eigenvalue weighted by Crippen LogP contribution is 2.49. The SMILES string of the molecule is CN1CC2Cc3ccccc3C1(C)c1ccccc12. The third kappa shape index (κ3) is 1.34. The van der Waals surface area contributed by atoms with Crippen LogP contribution in [0.4, 0.5) is 0 Å². The van der Waals surface area contributed by atoms with Gasteiger partial charge in [-0.25, -0.2) is 0 Å². The van der Waals surface area contributed by atoms with Crippen LogP contribution in [0.15, 0.2) is 48.5 Å². The molecule has 0 saturated heterocycles. The van der Waals surface area contributed by atoms with E-state index in [1.54, 1.807) is 5.56 Å². The number of hydrogen-bond donors (Lipinski definition) is 0. The molecule has 1 aliphatic carbocycles. The fourth-order valence-corrected chi connectivity index (χ4v) is 4.08. The second-order valence-corrected chi connectivity index (χ2v) is 6.10. The second-order valence-electron chi connectivity index (χ2n) is 6.10. The number of benzene rings is 2. The summed E-state index contributed by atoms with van der Waals surface area (Å²) in [6, 6.07) is 18.0. The van der Waals surface area contributed by atoms with Crippen LogP contribution in [0.5, 0.6) is 0 Å². The van der Waals surface area contributed by atoms with Crippen LogP contribution in [0.1, 0.15) is 35.1 Å². The highest BCUT2D eigenvalue weighted by Gasteiger charge is 2.45. The molecule has 96 valence electrons. The maximum atomic E-state index is 2.53. The first-order chi connectivity index (χ1) is 9.21. The number of rotatable bonds is 0. The van der Waals surface area contributed by atoms with Crippen molar-refractivity contribution < 1.29 is 0 Å². The van der Waals surface area contributed by atoms with E-state index in [-0.39, 0.29) is 5.54 Å². The molecule has 5 rings (SSSR count). The molecule has 2 aromatic rings. The van der Waals surface area contributed by atoms with Gasteiger partial charge < -0.3 is 0 Å². The van der Waals surface area contributed by atoms with Gasteiger partial charge in [-0.2, -0.15) is 0 Å². The molecular weight excluding hydrogens is 230 g/mol. The smallest absolute Gasteiger partial charge is 0.0690 e. The number of likely N-dealkylation sites (N-methyl/N-ethyl adjacent to an activating group) is 1. The van der Waals surface area contributed by atoms with E-state index in [2.05, 4.69) is 67.4 Å². The van der Waals surface area contributed by atoms with Crippen LogP contribution >= 0.6 is 0 Å². The van der Waals surface area contributed by atoms with E-state index in [4.69, 9.17) is 0 Å². The van der Waals surface area contributed by atoms with Crippen molar-refractivity contribution in [3.63, 3.8) is 0 Å². The van der Waals surface area contributed by atoms with Gasteiger partial charge in [0.1, 0.15) is 0 Å². The number of fused-ring (bicyclic) bond motifs is 1. The van der Waals surface area contributed by atoms with Gasteiger partial charge in [-0.3, -0.25) is 4.90 Å². The fourth-order valence-electron chi connectivity index (χ4n) is 4.08. The molecular formula is C18H19N. The Morgan fingerprint density at radius 3 is 2.53 bits per heavy atom. The summed E-state index contributed by atoms with van der Waals surface area (Å²) in [7, 11) is 2.27. The van der Waals surface area contributed by atoms with Gasteiger partial charge in [0.05, 0.1) is 5.54 Å². The minimum absolute atomic E-state index is 0.0280. The first kappa shape index (κ1) is 11.2. The van der Waals surface area contributed by atoms with Crippen LogP contribution in [0.2, 0.25) is 0 Å². The van der Waals surface area contributed by atoms with Crippen LogP contribution in [0.25, 0.3) is 0 Å². The van der Waals surface area contributed by atoms with Gasteiger partial charge in [0.25, 0.3) is 0 Å². The van der Waals surface area contributed by atoms with Crippen molar-refractivity contribution in [1.82, 2.24) is 4.90 Å². The molecule has 0 amide bonds. The first-order valence-corrected chi connectivity index (χ1v) is 7.10. The van der Waals surface area contributed by atoms with Gasteiger partial charge in [0, 0.05) is 12.5 Å². The second kappa shape index (κ2) is 3.71. The summed E-state index contributed by atoms with van der Waals surface area (Å²) in [6.45, 7) is 3.54. The van der Waals surface area contributed by atoms with Crippen LogP contribution in [0.3, 0.4) is 0 Å². The summed E-state index contributed by atoms with van der Waals surface area (Å²) in [5.74, 6) is 0.637. The van der Waals surface area contributed by atoms with E-state index < -0.39 is 0 Å². The predicted octanol–water partition coefficient (Wildman–Crippen LogP) is 3.54. The minimum Gasteiger partial charge on any atom is -0.293 e. The van der Waals surface area contributed by atoms with Crippen LogP contribution in [0, 0.1) is 0 Å². The van der Waals surface area contributed by atoms with E-state index >= 15 is 0 Å². The zero-order valence-corrected chi connectivity index (χ0v) is 11.6. The zero-order chi connectivity index (χ0) is 13.0. The van der Waals surface area contributed by atoms with Gasteiger partial charge >= 0.3 is 0 Å². The fraction of sp³-hybridized carbons (Fsp3) is 0.333. The van der Waals surface area contributed by atoms with Crippen molar-refractivity contribution in [2.75, 3.05) is 13.6 Å². The van der Waals surface area contributed by atoms with Crippen molar-refractivity contribution in [2.45, 2.75) is 24.8 Å². The summed E-state index contributed by atoms with van der Waals surface area (Å²) in [4.78, 5) is 2.53. The summed E-state index contributed by atoms with van der Waals surface area (Å²) in [5.41, 5.74) is 6.10. The molecule has 2 unspecified atom stereocenters. The van der Waals surface area contributed by atoms with E-state index in [1.165, 1.54) is 23.1 Å². The summed E-state index contributed by atoms with van der Waals surface area (Å²) < 4.78 is 0. The van der Waals surface area contributed by atoms with Crippen molar-refractivity contribution >= 4 is 0 Å². The van der Waals surface area contributed by atoms with E-state index in [1.807, 2.05) is 0 Å². The minimum atomic E-state index is 0.0280. The average molecular weight is 249 g/mol. The molecule has 0 saturated carbocycles. The average Bonchev–Trinajstić information content (AvgIpc) is 2.62. The maximum absolute atomic E-state index is 2.53. The summed E-state index contributed by atoms with van der Waals surface area (Å²) >= 11 is 0. The standard InChI is InChI=1S/C18H19N/c1-18-16-9-5-3-7-13(16)11-14(12-19(18)2)15-8-4-6-10-17(15)18/h3-10,14H,11-12H2,1-2H3. The number of nitrogens with zero attached hydrogens (tertiary/aromatic N) is 1. The Balaban J connectivity index is 2.09. The molecule has 0 spiro atoms. The molecule has 1 nitrogen and oxygen atoms in total. The molecule has 2 aromatic carbocycles. The van der Waals surface area contributed by atoms with Gasteiger partial charge in [0.15, 0.2) is 0 Å². The van der Waals surface area contributed by atoms with Gasteiger partial charge in [-0.05, 0) is 42.6 Å². The van der Waals surface area contributed by atoms with Gasteiger partial charge in [0.2, 0.25) is 0 Å². The molecule has 2 heterocycles. The van der Waals surface area contributed by atoms with Crippen molar-refractivity contribution in [1.29, 1.82) is 0 Å². The highest BCUT2D eigenvalue weighted by atomic mass is 15.2. The van der Waals surface area contributed by atoms with Gasteiger partial charge in [-0.15, -0.1) is 0 Å². The Bertz CT molecular complexity index is 646. The molecule has 2 bridgehead atoms. The molecule has 0 aromatic heterocycles. The normalized spacial score (nSPS) is 28.6. The largest absolute Gasteiger partial charge is 0.293 e. The molecule has 2 atom stereocenters. The lowest BCUT2D eigenvalue weighted by Gasteiger charge is -2.45. The van der Waals surface area contributed by atoms with Crippen LogP contribution in [-0.2, 0) is 12.0 Å². The first-order valence-electron chi connectivity index (χ1n) is 7.10. The molecule has 0 radical (unpaired) electrons. The van der Waals surface area contributed by atoms with Crippen LogP contribution < -0.4 is 0 Å². The Labute approximate surface area is 114 Å². The third-order valence-corrected chi connectivity index (χ3v) is 5.19. The van der Waals surface area contributed by atoms with Crippen molar-refractivity contribution in [2.24, 2.45) is 0 Å². The molecule has 0 N–H and O–H groups in total. The maximum Gasteiger partial charge on any atom is 0.0690 e. The Morgan fingerprint density at radius 1 is 1.00 bits per heavy atom. The predicted molar refractivity (Wildman–Crippen MR) is 78.4 cm³/mol. The van der Waals surface area contributed by atoms with Gasteiger partial charge in [-0.1, -0.05) is 48.5 Å². The van der Waals surface area contributed by atoms with E-state index in [0.717, 1.165) is 6.54 Å². The Morgan fingerprint density at radius 2 is 1.68 bits per heavy atom. The molecule has 19 heavy (non-hydrogen) atoms. The lowest BCUT2D eigenvalue weighted by atomic mass is 9.77. The quantitative estimate of drug-likeness (QED) is 0.690. The lowest BCUT2D eigenvalue weighted by molar-refractivity contribution is 0.157. The monoisotopic (exact) mass is 249 g/mol. The molecule has 1 heteroatoms. The molecule has 0 fully saturated rings. The summed E-state index contributed by atoms with van der Waals surface area (Å²) in [6.07, 6.45) is 1.17. The highest BCUT2D eigenvalue weighted by molar-refractivity contribution is 5.52. The number of hydrogen-bond acceptors (Lipinski definition) is 1. The Hall–Kier alpha value is -1.60. The topological polar surface area (TPSA) is 3.24 Å². The zero-order valence-electron chi connectivity index (χ0n) is 11.6. The Kier molecular flexibility index (Phi) is 2.19. The van der Waals surface area contributed by atoms with Crippen molar-refractivity contribution in [3.05, 3.63) is 70.8 Å². The van der Waals surface area contributed by atoms with E-state index in [0.29, 0.717) is 5.92 Å². The molecule has 3 aliphatic rings. The van der Waals surface area contributed by atoms with Crippen LogP contribution in [-0.4, -0.2) is 18.5 Å². The lowest BCUT2D eigenvalue weighted by Crippen LogP contribution is -2.47. The van der Waals surface area contributed by atoms with E-state index in [9.17, 15) is 0 Å². The summed E-state index contributed by atoms with van der Waals surface area (Å²) in [5, 5.41) is 0. The third-order valence-electron chi connectivity index (χ3n) is 5.19. The molecule has 2 aliphatic heterocycles. The van der Waals surface area contributed by atoms with Crippen molar-refractivity contribution in [3.8, 4) is 0 Å².